The van der Waals surface area contributed by atoms with E-state index < -0.39 is 0 Å². The monoisotopic (exact) mass is 236 g/mol. The van der Waals surface area contributed by atoms with Crippen LogP contribution in [0, 0.1) is 0 Å². The van der Waals surface area contributed by atoms with E-state index in [2.05, 4.69) is 0 Å². The van der Waals surface area contributed by atoms with Crippen molar-refractivity contribution in [2.45, 2.75) is 0 Å². The third-order valence-electron chi connectivity index (χ3n) is 2.50. The average Bonchev–Trinajstić information content (AvgIpc) is 2.46. The first-order valence-electron chi connectivity index (χ1n) is 5.64. The highest BCUT2D eigenvalue weighted by Crippen LogP contribution is 2.04. The fourth-order valence-corrected chi connectivity index (χ4v) is 1.55. The summed E-state index contributed by atoms with van der Waals surface area (Å²) in [5.41, 5.74) is 1.16. The quantitative estimate of drug-likeness (QED) is 0.603. The van der Waals surface area contributed by atoms with Crippen LogP contribution in [0.2, 0.25) is 0 Å². The Balaban J connectivity index is 2.08. The van der Waals surface area contributed by atoms with Crippen LogP contribution in [0.25, 0.3) is 0 Å². The summed E-state index contributed by atoms with van der Waals surface area (Å²) < 4.78 is 0. The number of hydrogen-bond acceptors (Lipinski definition) is 2. The molecule has 2 rings (SSSR count). The summed E-state index contributed by atoms with van der Waals surface area (Å²) in [6.45, 7) is 0. The van der Waals surface area contributed by atoms with Crippen molar-refractivity contribution in [2.24, 2.45) is 0 Å². The van der Waals surface area contributed by atoms with E-state index in [0.29, 0.717) is 11.1 Å². The van der Waals surface area contributed by atoms with Gasteiger partial charge in [0.1, 0.15) is 0 Å². The Morgan fingerprint density at radius 1 is 0.611 bits per heavy atom. The molecule has 0 unspecified atom stereocenters. The molecule has 0 spiro atoms. The van der Waals surface area contributed by atoms with Crippen LogP contribution < -0.4 is 0 Å². The van der Waals surface area contributed by atoms with Gasteiger partial charge in [0.25, 0.3) is 0 Å². The maximum atomic E-state index is 11.7. The van der Waals surface area contributed by atoms with Crippen molar-refractivity contribution in [3.8, 4) is 0 Å². The van der Waals surface area contributed by atoms with Gasteiger partial charge in [0.15, 0.2) is 11.6 Å². The van der Waals surface area contributed by atoms with E-state index in [0.717, 1.165) is 0 Å². The molecule has 0 bridgehead atoms. The van der Waals surface area contributed by atoms with E-state index >= 15 is 0 Å². The van der Waals surface area contributed by atoms with Crippen molar-refractivity contribution in [1.82, 2.24) is 0 Å². The van der Waals surface area contributed by atoms with Gasteiger partial charge >= 0.3 is 0 Å². The van der Waals surface area contributed by atoms with Crippen molar-refractivity contribution < 1.29 is 9.59 Å². The lowest BCUT2D eigenvalue weighted by molar-refractivity contribution is 0.102. The zero-order valence-electron chi connectivity index (χ0n) is 9.74. The Morgan fingerprint density at radius 2 is 0.944 bits per heavy atom. The molecule has 0 saturated carbocycles. The summed E-state index contributed by atoms with van der Waals surface area (Å²) in [7, 11) is 0. The van der Waals surface area contributed by atoms with Crippen molar-refractivity contribution in [1.29, 1.82) is 0 Å². The van der Waals surface area contributed by atoms with E-state index in [-0.39, 0.29) is 11.6 Å². The standard InChI is InChI=1S/C16H12O2/c17-15(13-7-3-1-4-8-13)11-12-16(18)14-9-5-2-6-10-14/h1-12H/b12-11-. The van der Waals surface area contributed by atoms with Gasteiger partial charge in [-0.25, -0.2) is 0 Å². The van der Waals surface area contributed by atoms with Gasteiger partial charge in [-0.05, 0) is 12.2 Å². The highest BCUT2D eigenvalue weighted by Gasteiger charge is 2.03. The summed E-state index contributed by atoms with van der Waals surface area (Å²) in [6, 6.07) is 17.7. The molecular formula is C16H12O2. The number of carbonyl (C=O) groups is 2. The smallest absolute Gasteiger partial charge is 0.185 e. The first-order chi connectivity index (χ1) is 8.77. The second-order valence-corrected chi connectivity index (χ2v) is 3.79. The molecule has 0 aromatic heterocycles. The lowest BCUT2D eigenvalue weighted by Crippen LogP contribution is -1.97. The minimum absolute atomic E-state index is 0.167. The summed E-state index contributed by atoms with van der Waals surface area (Å²) >= 11 is 0. The molecule has 2 aromatic rings. The number of allylic oxidation sites excluding steroid dienone is 2. The predicted molar refractivity (Wildman–Crippen MR) is 70.7 cm³/mol. The largest absolute Gasteiger partial charge is 0.289 e. The van der Waals surface area contributed by atoms with Gasteiger partial charge < -0.3 is 0 Å². The molecule has 0 heterocycles. The molecule has 2 nitrogen and oxygen atoms in total. The number of benzene rings is 2. The van der Waals surface area contributed by atoms with Gasteiger partial charge in [0.2, 0.25) is 0 Å². The molecule has 0 atom stereocenters. The minimum atomic E-state index is -0.167. The first-order valence-corrected chi connectivity index (χ1v) is 5.64. The molecule has 0 fully saturated rings. The number of hydrogen-bond donors (Lipinski definition) is 0. The Bertz CT molecular complexity index is 515. The van der Waals surface area contributed by atoms with Crippen LogP contribution >= 0.6 is 0 Å². The van der Waals surface area contributed by atoms with Crippen molar-refractivity contribution in [3.05, 3.63) is 83.9 Å². The second kappa shape index (κ2) is 5.73. The first kappa shape index (κ1) is 12.0. The molecule has 0 amide bonds. The molecule has 0 aliphatic carbocycles. The SMILES string of the molecule is O=C(/C=C\C(=O)c1ccccc1)c1ccccc1. The topological polar surface area (TPSA) is 34.1 Å². The minimum Gasteiger partial charge on any atom is -0.289 e. The molecule has 2 aromatic carbocycles. The number of carbonyl (C=O) groups excluding carboxylic acids is 2. The van der Waals surface area contributed by atoms with Crippen LogP contribution in [-0.4, -0.2) is 11.6 Å². The van der Waals surface area contributed by atoms with E-state index in [1.54, 1.807) is 48.5 Å². The third kappa shape index (κ3) is 3.01. The maximum absolute atomic E-state index is 11.7. The van der Waals surface area contributed by atoms with Gasteiger partial charge in [-0.3, -0.25) is 9.59 Å². The molecule has 88 valence electrons. The maximum Gasteiger partial charge on any atom is 0.185 e. The summed E-state index contributed by atoms with van der Waals surface area (Å²) in [6.07, 6.45) is 2.62. The molecular weight excluding hydrogens is 224 g/mol. The van der Waals surface area contributed by atoms with Crippen molar-refractivity contribution >= 4 is 11.6 Å². The highest BCUT2D eigenvalue weighted by molar-refractivity contribution is 6.11. The molecule has 0 aliphatic heterocycles. The van der Waals surface area contributed by atoms with Crippen molar-refractivity contribution in [2.75, 3.05) is 0 Å². The molecule has 2 heteroatoms. The van der Waals surface area contributed by atoms with Gasteiger partial charge in [-0.2, -0.15) is 0 Å². The van der Waals surface area contributed by atoms with Crippen LogP contribution in [0.5, 0.6) is 0 Å². The van der Waals surface area contributed by atoms with Gasteiger partial charge in [0, 0.05) is 11.1 Å². The molecule has 0 N–H and O–H groups in total. The van der Waals surface area contributed by atoms with Crippen LogP contribution in [0.3, 0.4) is 0 Å². The van der Waals surface area contributed by atoms with Crippen molar-refractivity contribution in [3.63, 3.8) is 0 Å². The molecule has 18 heavy (non-hydrogen) atoms. The third-order valence-corrected chi connectivity index (χ3v) is 2.50. The molecule has 0 aliphatic rings. The van der Waals surface area contributed by atoms with Gasteiger partial charge in [-0.15, -0.1) is 0 Å². The predicted octanol–water partition coefficient (Wildman–Crippen LogP) is 3.31. The fourth-order valence-electron chi connectivity index (χ4n) is 1.55. The van der Waals surface area contributed by atoms with E-state index in [1.165, 1.54) is 12.2 Å². The summed E-state index contributed by atoms with van der Waals surface area (Å²) in [5.74, 6) is -0.334. The van der Waals surface area contributed by atoms with Gasteiger partial charge in [-0.1, -0.05) is 60.7 Å². The Labute approximate surface area is 106 Å². The van der Waals surface area contributed by atoms with E-state index in [9.17, 15) is 9.59 Å². The number of rotatable bonds is 4. The van der Waals surface area contributed by atoms with Crippen LogP contribution in [0.15, 0.2) is 72.8 Å². The Kier molecular flexibility index (Phi) is 3.82. The lowest BCUT2D eigenvalue weighted by Gasteiger charge is -1.95. The fraction of sp³-hybridized carbons (Fsp3) is 0. The Hall–Kier alpha value is -2.48. The summed E-state index contributed by atoms with van der Waals surface area (Å²) in [5, 5.41) is 0. The molecule has 0 radical (unpaired) electrons. The van der Waals surface area contributed by atoms with Gasteiger partial charge in [0.05, 0.1) is 0 Å². The van der Waals surface area contributed by atoms with Crippen LogP contribution in [0.4, 0.5) is 0 Å². The van der Waals surface area contributed by atoms with E-state index in [1.807, 2.05) is 12.1 Å². The summed E-state index contributed by atoms with van der Waals surface area (Å²) in [4.78, 5) is 23.5. The Morgan fingerprint density at radius 3 is 1.28 bits per heavy atom. The number of ketones is 2. The second-order valence-electron chi connectivity index (χ2n) is 3.79. The van der Waals surface area contributed by atoms with Crippen LogP contribution in [0.1, 0.15) is 20.7 Å². The zero-order valence-corrected chi connectivity index (χ0v) is 9.74. The van der Waals surface area contributed by atoms with Crippen LogP contribution in [-0.2, 0) is 0 Å². The average molecular weight is 236 g/mol. The normalized spacial score (nSPS) is 10.4. The zero-order chi connectivity index (χ0) is 12.8. The molecule has 0 saturated heterocycles. The highest BCUT2D eigenvalue weighted by atomic mass is 16.1. The van der Waals surface area contributed by atoms with E-state index in [4.69, 9.17) is 0 Å². The lowest BCUT2D eigenvalue weighted by atomic mass is 10.1.